The average Bonchev–Trinajstić information content (AvgIpc) is 1.82. The second-order valence-corrected chi connectivity index (χ2v) is 5.24. The van der Waals surface area contributed by atoms with Crippen LogP contribution in [0.1, 0.15) is 12.8 Å². The van der Waals surface area contributed by atoms with Crippen molar-refractivity contribution in [2.24, 2.45) is 5.92 Å². The molecule has 0 aromatic heterocycles. The van der Waals surface area contributed by atoms with E-state index in [1.807, 2.05) is 0 Å². The SMILES string of the molecule is COC1CCC1C=C(Br)Br. The van der Waals surface area contributed by atoms with Crippen LogP contribution in [0.4, 0.5) is 0 Å². The Balaban J connectivity index is 2.36. The maximum atomic E-state index is 5.21. The van der Waals surface area contributed by atoms with Crippen molar-refractivity contribution >= 4 is 31.9 Å². The minimum absolute atomic E-state index is 0.449. The van der Waals surface area contributed by atoms with Crippen LogP contribution in [0.15, 0.2) is 9.47 Å². The van der Waals surface area contributed by atoms with Crippen LogP contribution in [-0.4, -0.2) is 13.2 Å². The second kappa shape index (κ2) is 3.88. The molecule has 1 saturated carbocycles. The predicted octanol–water partition coefficient (Wildman–Crippen LogP) is 3.04. The largest absolute Gasteiger partial charge is 0.381 e. The Morgan fingerprint density at radius 3 is 2.50 bits per heavy atom. The molecule has 2 atom stereocenters. The van der Waals surface area contributed by atoms with Crippen molar-refractivity contribution in [3.05, 3.63) is 9.47 Å². The minimum Gasteiger partial charge on any atom is -0.381 e. The number of rotatable bonds is 2. The highest BCUT2D eigenvalue weighted by molar-refractivity contribution is 9.28. The van der Waals surface area contributed by atoms with Crippen molar-refractivity contribution in [3.63, 3.8) is 0 Å². The number of methoxy groups -OCH3 is 1. The van der Waals surface area contributed by atoms with Crippen molar-refractivity contribution in [1.82, 2.24) is 0 Å². The van der Waals surface area contributed by atoms with E-state index in [0.717, 1.165) is 3.39 Å². The number of ether oxygens (including phenoxy) is 1. The lowest BCUT2D eigenvalue weighted by Gasteiger charge is -2.33. The van der Waals surface area contributed by atoms with Crippen molar-refractivity contribution < 1.29 is 4.74 Å². The molecular weight excluding hydrogens is 260 g/mol. The lowest BCUT2D eigenvalue weighted by Crippen LogP contribution is -2.31. The molecule has 0 heterocycles. The molecule has 0 amide bonds. The van der Waals surface area contributed by atoms with Gasteiger partial charge in [0.15, 0.2) is 0 Å². The molecule has 10 heavy (non-hydrogen) atoms. The highest BCUT2D eigenvalue weighted by Gasteiger charge is 2.28. The maximum absolute atomic E-state index is 5.21. The van der Waals surface area contributed by atoms with Gasteiger partial charge in [-0.1, -0.05) is 6.08 Å². The molecule has 0 radical (unpaired) electrons. The Morgan fingerprint density at radius 1 is 1.50 bits per heavy atom. The average molecular weight is 270 g/mol. The van der Waals surface area contributed by atoms with Gasteiger partial charge in [0.1, 0.15) is 0 Å². The van der Waals surface area contributed by atoms with E-state index in [4.69, 9.17) is 4.74 Å². The zero-order valence-electron chi connectivity index (χ0n) is 5.81. The zero-order valence-corrected chi connectivity index (χ0v) is 8.98. The van der Waals surface area contributed by atoms with E-state index >= 15 is 0 Å². The molecule has 0 aliphatic heterocycles. The van der Waals surface area contributed by atoms with Gasteiger partial charge in [-0.25, -0.2) is 0 Å². The van der Waals surface area contributed by atoms with Gasteiger partial charge in [-0.2, -0.15) is 0 Å². The molecule has 0 spiro atoms. The van der Waals surface area contributed by atoms with Gasteiger partial charge in [-0.15, -0.1) is 0 Å². The smallest absolute Gasteiger partial charge is 0.0634 e. The van der Waals surface area contributed by atoms with Crippen LogP contribution < -0.4 is 0 Å². The molecule has 1 rings (SSSR count). The Kier molecular flexibility index (Phi) is 3.40. The van der Waals surface area contributed by atoms with E-state index in [1.54, 1.807) is 7.11 Å². The summed E-state index contributed by atoms with van der Waals surface area (Å²) < 4.78 is 6.25. The molecule has 1 aliphatic rings. The third-order valence-electron chi connectivity index (χ3n) is 1.90. The fraction of sp³-hybridized carbons (Fsp3) is 0.714. The topological polar surface area (TPSA) is 9.23 Å². The van der Waals surface area contributed by atoms with Gasteiger partial charge in [-0.3, -0.25) is 0 Å². The molecule has 1 aliphatic carbocycles. The molecule has 0 bridgehead atoms. The monoisotopic (exact) mass is 268 g/mol. The van der Waals surface area contributed by atoms with Crippen LogP contribution in [0.5, 0.6) is 0 Å². The highest BCUT2D eigenvalue weighted by atomic mass is 79.9. The van der Waals surface area contributed by atoms with Gasteiger partial charge in [0.25, 0.3) is 0 Å². The molecular formula is C7H10Br2O. The van der Waals surface area contributed by atoms with E-state index < -0.39 is 0 Å². The van der Waals surface area contributed by atoms with E-state index in [2.05, 4.69) is 37.9 Å². The van der Waals surface area contributed by atoms with E-state index in [0.29, 0.717) is 12.0 Å². The lowest BCUT2D eigenvalue weighted by atomic mass is 9.82. The Bertz CT molecular complexity index is 139. The van der Waals surface area contributed by atoms with E-state index in [1.165, 1.54) is 12.8 Å². The molecule has 0 saturated heterocycles. The fourth-order valence-electron chi connectivity index (χ4n) is 1.14. The van der Waals surface area contributed by atoms with Gasteiger partial charge in [0.05, 0.1) is 9.50 Å². The quantitative estimate of drug-likeness (QED) is 0.749. The normalized spacial score (nSPS) is 31.1. The summed E-state index contributed by atoms with van der Waals surface area (Å²) in [7, 11) is 1.77. The van der Waals surface area contributed by atoms with Crippen molar-refractivity contribution in [1.29, 1.82) is 0 Å². The van der Waals surface area contributed by atoms with Crippen LogP contribution in [0.25, 0.3) is 0 Å². The summed E-state index contributed by atoms with van der Waals surface area (Å²) in [6, 6.07) is 0. The Hall–Kier alpha value is 0.660. The third-order valence-corrected chi connectivity index (χ3v) is 2.43. The first-order chi connectivity index (χ1) is 4.74. The zero-order chi connectivity index (χ0) is 7.56. The van der Waals surface area contributed by atoms with Crippen LogP contribution in [0.3, 0.4) is 0 Å². The fourth-order valence-corrected chi connectivity index (χ4v) is 1.82. The standard InChI is InChI=1S/C7H10Br2O/c1-10-6-3-2-5(6)4-7(8)9/h4-6H,2-3H2,1H3. The number of hydrogen-bond donors (Lipinski definition) is 0. The van der Waals surface area contributed by atoms with Gasteiger partial charge < -0.3 is 4.74 Å². The van der Waals surface area contributed by atoms with Crippen molar-refractivity contribution in [3.8, 4) is 0 Å². The molecule has 2 unspecified atom stereocenters. The Labute approximate surface area is 78.1 Å². The summed E-state index contributed by atoms with van der Waals surface area (Å²) >= 11 is 6.66. The summed E-state index contributed by atoms with van der Waals surface area (Å²) in [5, 5.41) is 0. The minimum atomic E-state index is 0.449. The van der Waals surface area contributed by atoms with Gasteiger partial charge in [-0.05, 0) is 44.7 Å². The first-order valence-electron chi connectivity index (χ1n) is 3.29. The van der Waals surface area contributed by atoms with Crippen LogP contribution in [0, 0.1) is 5.92 Å². The molecule has 58 valence electrons. The molecule has 3 heteroatoms. The van der Waals surface area contributed by atoms with Crippen LogP contribution in [0.2, 0.25) is 0 Å². The molecule has 0 aromatic carbocycles. The van der Waals surface area contributed by atoms with Crippen molar-refractivity contribution in [2.75, 3.05) is 7.11 Å². The first-order valence-corrected chi connectivity index (χ1v) is 4.88. The summed E-state index contributed by atoms with van der Waals surface area (Å²) in [4.78, 5) is 0. The number of halogens is 2. The predicted molar refractivity (Wildman–Crippen MR) is 49.5 cm³/mol. The van der Waals surface area contributed by atoms with Crippen molar-refractivity contribution in [2.45, 2.75) is 18.9 Å². The summed E-state index contributed by atoms with van der Waals surface area (Å²) in [6.45, 7) is 0. The van der Waals surface area contributed by atoms with Gasteiger partial charge in [0.2, 0.25) is 0 Å². The lowest BCUT2D eigenvalue weighted by molar-refractivity contribution is 0.00490. The third kappa shape index (κ3) is 2.07. The van der Waals surface area contributed by atoms with Gasteiger partial charge in [0, 0.05) is 13.0 Å². The summed E-state index contributed by atoms with van der Waals surface area (Å²) in [5.41, 5.74) is 0. The van der Waals surface area contributed by atoms with Crippen LogP contribution >= 0.6 is 31.9 Å². The van der Waals surface area contributed by atoms with Crippen LogP contribution in [-0.2, 0) is 4.74 Å². The Morgan fingerprint density at radius 2 is 2.20 bits per heavy atom. The molecule has 1 fully saturated rings. The molecule has 0 aromatic rings. The molecule has 0 N–H and O–H groups in total. The number of hydrogen-bond acceptors (Lipinski definition) is 1. The van der Waals surface area contributed by atoms with Gasteiger partial charge >= 0.3 is 0 Å². The van der Waals surface area contributed by atoms with E-state index in [9.17, 15) is 0 Å². The first kappa shape index (κ1) is 8.75. The summed E-state index contributed by atoms with van der Waals surface area (Å²) in [6.07, 6.45) is 5.05. The highest BCUT2D eigenvalue weighted by Crippen LogP contribution is 2.33. The van der Waals surface area contributed by atoms with E-state index in [-0.39, 0.29) is 0 Å². The molecule has 1 nitrogen and oxygen atoms in total. The second-order valence-electron chi connectivity index (χ2n) is 2.47. The maximum Gasteiger partial charge on any atom is 0.0634 e. The summed E-state index contributed by atoms with van der Waals surface area (Å²) in [5.74, 6) is 0.610.